The van der Waals surface area contributed by atoms with Gasteiger partial charge in [0.05, 0.1) is 6.61 Å². The van der Waals surface area contributed by atoms with E-state index in [1.54, 1.807) is 11.8 Å². The Kier molecular flexibility index (Phi) is 7.00. The summed E-state index contributed by atoms with van der Waals surface area (Å²) in [6.07, 6.45) is 3.05. The maximum Gasteiger partial charge on any atom is 0.289 e. The van der Waals surface area contributed by atoms with Crippen molar-refractivity contribution < 1.29 is 22.4 Å². The molecule has 2 aromatic carbocycles. The first kappa shape index (κ1) is 24.3. The number of likely N-dealkylation sites (tertiary alicyclic amines) is 1. The minimum absolute atomic E-state index is 0.0760. The second-order valence-corrected chi connectivity index (χ2v) is 10.5. The van der Waals surface area contributed by atoms with E-state index in [1.807, 2.05) is 51.1 Å². The highest BCUT2D eigenvalue weighted by Crippen LogP contribution is 2.35. The molecular weight excluding hydrogens is 452 g/mol. The molecule has 1 amide bonds. The van der Waals surface area contributed by atoms with Gasteiger partial charge in [0, 0.05) is 36.1 Å². The lowest BCUT2D eigenvalue weighted by atomic mass is 10.0. The number of amides is 1. The fraction of sp³-hybridized carbons (Fsp3) is 0.423. The van der Waals surface area contributed by atoms with Gasteiger partial charge in [-0.1, -0.05) is 18.2 Å². The van der Waals surface area contributed by atoms with E-state index in [9.17, 15) is 13.2 Å². The molecule has 182 valence electrons. The summed E-state index contributed by atoms with van der Waals surface area (Å²) in [5.74, 6) is 0.688. The minimum atomic E-state index is -3.95. The molecule has 0 bridgehead atoms. The molecule has 1 fully saturated rings. The molecule has 3 aromatic rings. The van der Waals surface area contributed by atoms with Gasteiger partial charge < -0.3 is 14.1 Å². The first-order valence-corrected chi connectivity index (χ1v) is 13.3. The molecule has 1 N–H and O–H groups in total. The van der Waals surface area contributed by atoms with E-state index in [0.29, 0.717) is 42.0 Å². The molecule has 1 aromatic heterocycles. The van der Waals surface area contributed by atoms with Crippen LogP contribution < -0.4 is 9.46 Å². The molecular formula is C26H32N2O5S. The summed E-state index contributed by atoms with van der Waals surface area (Å²) in [5.41, 5.74) is 3.07. The summed E-state index contributed by atoms with van der Waals surface area (Å²) in [4.78, 5) is 15.1. The number of rotatable bonds is 7. The molecule has 34 heavy (non-hydrogen) atoms. The summed E-state index contributed by atoms with van der Waals surface area (Å²) in [7, 11) is -3.95. The smallest absolute Gasteiger partial charge is 0.289 e. The van der Waals surface area contributed by atoms with Crippen molar-refractivity contribution in [3.05, 3.63) is 58.3 Å². The number of para-hydroxylation sites is 1. The van der Waals surface area contributed by atoms with Crippen LogP contribution in [0.4, 0.5) is 0 Å². The number of piperidine rings is 1. The minimum Gasteiger partial charge on any atom is -0.494 e. The Bertz CT molecular complexity index is 1320. The number of hydrogen-bond acceptors (Lipinski definition) is 5. The number of furan rings is 1. The fourth-order valence-electron chi connectivity index (χ4n) is 4.50. The van der Waals surface area contributed by atoms with E-state index >= 15 is 0 Å². The number of ether oxygens (including phenoxy) is 1. The molecule has 2 heterocycles. The summed E-state index contributed by atoms with van der Waals surface area (Å²) < 4.78 is 41.5. The Hall–Kier alpha value is -2.84. The number of carbonyl (C=O) groups excluding carboxylic acids is 1. The summed E-state index contributed by atoms with van der Waals surface area (Å²) in [6, 6.07) is 9.25. The van der Waals surface area contributed by atoms with Crippen molar-refractivity contribution >= 4 is 26.9 Å². The molecule has 0 spiro atoms. The van der Waals surface area contributed by atoms with Crippen molar-refractivity contribution in [2.45, 2.75) is 58.4 Å². The summed E-state index contributed by atoms with van der Waals surface area (Å²) in [5, 5.41) is 0.651. The van der Waals surface area contributed by atoms with Gasteiger partial charge in [0.1, 0.15) is 10.6 Å². The Morgan fingerprint density at radius 3 is 2.50 bits per heavy atom. The third-order valence-electron chi connectivity index (χ3n) is 6.52. The van der Waals surface area contributed by atoms with E-state index in [-0.39, 0.29) is 28.7 Å². The van der Waals surface area contributed by atoms with Crippen LogP contribution in [0.2, 0.25) is 0 Å². The third-order valence-corrected chi connectivity index (χ3v) is 8.08. The van der Waals surface area contributed by atoms with Crippen LogP contribution in [0.15, 0.2) is 39.6 Å². The second-order valence-electron chi connectivity index (χ2n) is 8.80. The summed E-state index contributed by atoms with van der Waals surface area (Å²) in [6.45, 7) is 9.29. The van der Waals surface area contributed by atoms with E-state index in [4.69, 9.17) is 9.15 Å². The van der Waals surface area contributed by atoms with Gasteiger partial charge in [0.15, 0.2) is 11.3 Å². The number of fused-ring (bicyclic) bond motifs is 1. The average Bonchev–Trinajstić information content (AvgIpc) is 3.14. The van der Waals surface area contributed by atoms with Crippen LogP contribution in [0.3, 0.4) is 0 Å². The maximum atomic E-state index is 13.5. The molecule has 0 unspecified atom stereocenters. The maximum absolute atomic E-state index is 13.5. The topological polar surface area (TPSA) is 88.8 Å². The normalized spacial score (nSPS) is 14.5. The Morgan fingerprint density at radius 1 is 1.09 bits per heavy atom. The lowest BCUT2D eigenvalue weighted by Gasteiger charge is -2.25. The van der Waals surface area contributed by atoms with E-state index < -0.39 is 10.0 Å². The van der Waals surface area contributed by atoms with Gasteiger partial charge in [-0.3, -0.25) is 4.79 Å². The van der Waals surface area contributed by atoms with Crippen molar-refractivity contribution in [1.82, 2.24) is 9.62 Å². The predicted molar refractivity (Wildman–Crippen MR) is 132 cm³/mol. The number of nitrogens with zero attached hydrogens (tertiary/aromatic N) is 1. The molecule has 0 aliphatic carbocycles. The molecule has 7 nitrogen and oxygen atoms in total. The molecule has 8 heteroatoms. The van der Waals surface area contributed by atoms with Gasteiger partial charge in [0.2, 0.25) is 10.0 Å². The number of nitrogens with one attached hydrogen (secondary N) is 1. The Balaban J connectivity index is 1.74. The Morgan fingerprint density at radius 2 is 1.79 bits per heavy atom. The van der Waals surface area contributed by atoms with Crippen molar-refractivity contribution in [3.8, 4) is 5.75 Å². The molecule has 4 rings (SSSR count). The molecule has 1 aliphatic heterocycles. The number of benzene rings is 2. The van der Waals surface area contributed by atoms with Crippen LogP contribution in [0.5, 0.6) is 5.75 Å². The Labute approximate surface area is 201 Å². The molecule has 1 aliphatic rings. The lowest BCUT2D eigenvalue weighted by molar-refractivity contribution is 0.0693. The zero-order valence-corrected chi connectivity index (χ0v) is 21.0. The molecule has 0 atom stereocenters. The third kappa shape index (κ3) is 4.57. The molecule has 0 saturated carbocycles. The van der Waals surface area contributed by atoms with Crippen LogP contribution in [-0.4, -0.2) is 38.9 Å². The van der Waals surface area contributed by atoms with E-state index in [2.05, 4.69) is 4.72 Å². The van der Waals surface area contributed by atoms with Gasteiger partial charge in [-0.25, -0.2) is 13.1 Å². The van der Waals surface area contributed by atoms with Gasteiger partial charge >= 0.3 is 0 Å². The van der Waals surface area contributed by atoms with E-state index in [1.165, 1.54) is 0 Å². The number of aryl methyl sites for hydroxylation is 2. The van der Waals surface area contributed by atoms with Crippen molar-refractivity contribution in [2.75, 3.05) is 19.7 Å². The van der Waals surface area contributed by atoms with Crippen LogP contribution in [-0.2, 0) is 16.6 Å². The average molecular weight is 485 g/mol. The number of hydrogen-bond donors (Lipinski definition) is 1. The van der Waals surface area contributed by atoms with Crippen LogP contribution in [0.1, 0.15) is 59.0 Å². The standard InChI is InChI=1S/C26H32N2O5S/c1-5-32-22-12-8-7-11-20(22)16-27-34(30,31)25-18(3)17(2)15-21-19(4)23(33-24(21)25)26(29)28-13-9-6-10-14-28/h7-8,11-12,15,27H,5-6,9-10,13-14,16H2,1-4H3. The van der Waals surface area contributed by atoms with Gasteiger partial charge in [-0.05, 0) is 70.2 Å². The van der Waals surface area contributed by atoms with Crippen molar-refractivity contribution in [1.29, 1.82) is 0 Å². The van der Waals surface area contributed by atoms with E-state index in [0.717, 1.165) is 30.4 Å². The van der Waals surface area contributed by atoms with Gasteiger partial charge in [-0.2, -0.15) is 0 Å². The van der Waals surface area contributed by atoms with Gasteiger partial charge in [-0.15, -0.1) is 0 Å². The fourth-order valence-corrected chi connectivity index (χ4v) is 5.95. The highest BCUT2D eigenvalue weighted by molar-refractivity contribution is 7.89. The first-order valence-electron chi connectivity index (χ1n) is 11.8. The molecule has 1 saturated heterocycles. The van der Waals surface area contributed by atoms with Crippen molar-refractivity contribution in [3.63, 3.8) is 0 Å². The quantitative estimate of drug-likeness (QED) is 0.517. The second kappa shape index (κ2) is 9.80. The first-order chi connectivity index (χ1) is 16.2. The summed E-state index contributed by atoms with van der Waals surface area (Å²) >= 11 is 0. The highest BCUT2D eigenvalue weighted by Gasteiger charge is 2.30. The number of sulfonamides is 1. The zero-order chi connectivity index (χ0) is 24.5. The van der Waals surface area contributed by atoms with Gasteiger partial charge in [0.25, 0.3) is 5.91 Å². The van der Waals surface area contributed by atoms with Crippen molar-refractivity contribution in [2.24, 2.45) is 0 Å². The monoisotopic (exact) mass is 484 g/mol. The predicted octanol–water partition coefficient (Wildman–Crippen LogP) is 4.86. The van der Waals surface area contributed by atoms with Crippen LogP contribution in [0.25, 0.3) is 11.0 Å². The number of carbonyl (C=O) groups is 1. The zero-order valence-electron chi connectivity index (χ0n) is 20.2. The SMILES string of the molecule is CCOc1ccccc1CNS(=O)(=O)c1c(C)c(C)cc2c(C)c(C(=O)N3CCCCC3)oc12. The lowest BCUT2D eigenvalue weighted by Crippen LogP contribution is -2.35. The highest BCUT2D eigenvalue weighted by atomic mass is 32.2. The van der Waals surface area contributed by atoms with Crippen LogP contribution in [0, 0.1) is 20.8 Å². The molecule has 0 radical (unpaired) electrons. The largest absolute Gasteiger partial charge is 0.494 e. The van der Waals surface area contributed by atoms with Crippen LogP contribution >= 0.6 is 0 Å².